The highest BCUT2D eigenvalue weighted by Gasteiger charge is 2.30. The van der Waals surface area contributed by atoms with E-state index in [-0.39, 0.29) is 18.3 Å². The molecule has 10 heteroatoms. The summed E-state index contributed by atoms with van der Waals surface area (Å²) in [5.74, 6) is 0.203. The Kier molecular flexibility index (Phi) is 5.56. The van der Waals surface area contributed by atoms with Gasteiger partial charge >= 0.3 is 11.9 Å². The molecule has 0 saturated heterocycles. The zero-order chi connectivity index (χ0) is 24.6. The van der Waals surface area contributed by atoms with Gasteiger partial charge in [-0.15, -0.1) is 0 Å². The molecule has 1 N–H and O–H groups in total. The molecule has 0 saturated carbocycles. The second-order valence-electron chi connectivity index (χ2n) is 7.88. The van der Waals surface area contributed by atoms with Crippen molar-refractivity contribution in [3.05, 3.63) is 105 Å². The van der Waals surface area contributed by atoms with Gasteiger partial charge in [0.05, 0.1) is 16.5 Å². The van der Waals surface area contributed by atoms with Gasteiger partial charge in [0.15, 0.2) is 0 Å². The summed E-state index contributed by atoms with van der Waals surface area (Å²) in [7, 11) is 0. The lowest BCUT2D eigenvalue weighted by Gasteiger charge is -2.07. The maximum absolute atomic E-state index is 12.9. The molecule has 35 heavy (non-hydrogen) atoms. The van der Waals surface area contributed by atoms with Gasteiger partial charge in [0, 0.05) is 17.7 Å². The van der Waals surface area contributed by atoms with Gasteiger partial charge in [0.1, 0.15) is 0 Å². The molecule has 0 fully saturated rings. The summed E-state index contributed by atoms with van der Waals surface area (Å²) in [5, 5.41) is 4.16. The van der Waals surface area contributed by atoms with E-state index in [1.54, 1.807) is 18.2 Å². The zero-order valence-corrected chi connectivity index (χ0v) is 18.0. The molecular weight excluding hydrogens is 461 g/mol. The molecule has 0 aliphatic rings. The minimum absolute atomic E-state index is 0.0934. The maximum atomic E-state index is 12.9. The van der Waals surface area contributed by atoms with Crippen molar-refractivity contribution in [2.24, 2.45) is 0 Å². The predicted molar refractivity (Wildman–Crippen MR) is 123 cm³/mol. The van der Waals surface area contributed by atoms with E-state index in [4.69, 9.17) is 4.52 Å². The first-order valence-electron chi connectivity index (χ1n) is 10.6. The molecule has 0 bridgehead atoms. The number of H-pyrrole nitrogens is 1. The van der Waals surface area contributed by atoms with Crippen LogP contribution in [0.4, 0.5) is 13.2 Å². The van der Waals surface area contributed by atoms with Crippen molar-refractivity contribution < 1.29 is 17.7 Å². The summed E-state index contributed by atoms with van der Waals surface area (Å²) >= 11 is 0. The molecule has 0 aliphatic carbocycles. The Morgan fingerprint density at radius 1 is 0.914 bits per heavy atom. The van der Waals surface area contributed by atoms with E-state index < -0.39 is 23.0 Å². The molecule has 5 rings (SSSR count). The fourth-order valence-electron chi connectivity index (χ4n) is 3.74. The van der Waals surface area contributed by atoms with E-state index in [0.29, 0.717) is 28.5 Å². The SMILES string of the molecule is O=c1[nH]c2cc(-c3nc(-c4ccc(C(F)(F)F)cc4)no3)ccc2c(=O)n1CCc1ccccc1. The van der Waals surface area contributed by atoms with Crippen molar-refractivity contribution in [3.63, 3.8) is 0 Å². The molecule has 0 unspecified atom stereocenters. The van der Waals surface area contributed by atoms with E-state index in [0.717, 1.165) is 22.3 Å². The summed E-state index contributed by atoms with van der Waals surface area (Å²) in [6.45, 7) is 0.232. The summed E-state index contributed by atoms with van der Waals surface area (Å²) in [4.78, 5) is 32.5. The fourth-order valence-corrected chi connectivity index (χ4v) is 3.74. The maximum Gasteiger partial charge on any atom is 0.416 e. The standard InChI is InChI=1S/C25H17F3N4O3/c26-25(27,28)18-9-6-16(7-10-18)21-30-22(35-31-21)17-8-11-19-20(14-17)29-24(34)32(23(19)33)13-12-15-4-2-1-3-5-15/h1-11,14H,12-13H2,(H,29,34). The number of fused-ring (bicyclic) bond motifs is 1. The molecule has 2 aromatic heterocycles. The van der Waals surface area contributed by atoms with E-state index in [1.807, 2.05) is 30.3 Å². The van der Waals surface area contributed by atoms with Crippen LogP contribution in [0.15, 0.2) is 86.9 Å². The molecule has 0 amide bonds. The number of nitrogens with one attached hydrogen (secondary N) is 1. The fraction of sp³-hybridized carbons (Fsp3) is 0.120. The van der Waals surface area contributed by atoms with Gasteiger partial charge in [-0.1, -0.05) is 47.6 Å². The Morgan fingerprint density at radius 3 is 2.34 bits per heavy atom. The van der Waals surface area contributed by atoms with Gasteiger partial charge in [0.25, 0.3) is 11.4 Å². The van der Waals surface area contributed by atoms with Crippen molar-refractivity contribution in [3.8, 4) is 22.8 Å². The van der Waals surface area contributed by atoms with Crippen LogP contribution in [0.5, 0.6) is 0 Å². The highest BCUT2D eigenvalue weighted by Crippen LogP contribution is 2.31. The quantitative estimate of drug-likeness (QED) is 0.396. The number of halogens is 3. The number of hydrogen-bond donors (Lipinski definition) is 1. The van der Waals surface area contributed by atoms with Gasteiger partial charge in [0.2, 0.25) is 5.82 Å². The van der Waals surface area contributed by atoms with Crippen LogP contribution in [0.3, 0.4) is 0 Å². The molecule has 0 radical (unpaired) electrons. The third-order valence-electron chi connectivity index (χ3n) is 5.59. The van der Waals surface area contributed by atoms with Crippen LogP contribution < -0.4 is 11.2 Å². The molecule has 2 heterocycles. The highest BCUT2D eigenvalue weighted by atomic mass is 19.4. The van der Waals surface area contributed by atoms with Crippen LogP contribution in [0.25, 0.3) is 33.7 Å². The number of aromatic nitrogens is 4. The predicted octanol–water partition coefficient (Wildman–Crippen LogP) is 4.67. The summed E-state index contributed by atoms with van der Waals surface area (Å²) in [6.07, 6.45) is -3.91. The lowest BCUT2D eigenvalue weighted by atomic mass is 10.1. The monoisotopic (exact) mass is 478 g/mol. The second kappa shape index (κ2) is 8.71. The van der Waals surface area contributed by atoms with Crippen molar-refractivity contribution in [1.82, 2.24) is 19.7 Å². The average molecular weight is 478 g/mol. The first kappa shape index (κ1) is 22.3. The number of nitrogens with zero attached hydrogens (tertiary/aromatic N) is 3. The van der Waals surface area contributed by atoms with Gasteiger partial charge in [-0.3, -0.25) is 9.36 Å². The Labute approximate surface area is 195 Å². The highest BCUT2D eigenvalue weighted by molar-refractivity contribution is 5.82. The summed E-state index contributed by atoms with van der Waals surface area (Å²) in [5.41, 5.74) is 0.382. The second-order valence-corrected chi connectivity index (χ2v) is 7.88. The molecule has 0 atom stereocenters. The van der Waals surface area contributed by atoms with Crippen molar-refractivity contribution in [2.75, 3.05) is 0 Å². The van der Waals surface area contributed by atoms with E-state index >= 15 is 0 Å². The third kappa shape index (κ3) is 4.50. The first-order valence-corrected chi connectivity index (χ1v) is 10.6. The first-order chi connectivity index (χ1) is 16.8. The van der Waals surface area contributed by atoms with Crippen LogP contribution in [0.2, 0.25) is 0 Å². The van der Waals surface area contributed by atoms with Crippen LogP contribution in [0, 0.1) is 0 Å². The minimum atomic E-state index is -4.44. The van der Waals surface area contributed by atoms with Crippen LogP contribution >= 0.6 is 0 Å². The number of alkyl halides is 3. The lowest BCUT2D eigenvalue weighted by molar-refractivity contribution is -0.137. The Hall–Kier alpha value is -4.47. The topological polar surface area (TPSA) is 93.8 Å². The van der Waals surface area contributed by atoms with Gasteiger partial charge in [-0.05, 0) is 42.3 Å². The van der Waals surface area contributed by atoms with Gasteiger partial charge in [-0.25, -0.2) is 4.79 Å². The molecular formula is C25H17F3N4O3. The number of aromatic amines is 1. The van der Waals surface area contributed by atoms with Crippen LogP contribution in [-0.4, -0.2) is 19.7 Å². The van der Waals surface area contributed by atoms with Gasteiger partial charge < -0.3 is 9.51 Å². The average Bonchev–Trinajstić information content (AvgIpc) is 3.34. The molecule has 0 spiro atoms. The molecule has 3 aromatic carbocycles. The van der Waals surface area contributed by atoms with Gasteiger partial charge in [-0.2, -0.15) is 18.2 Å². The van der Waals surface area contributed by atoms with Crippen molar-refractivity contribution in [1.29, 1.82) is 0 Å². The number of aryl methyl sites for hydroxylation is 1. The van der Waals surface area contributed by atoms with Crippen molar-refractivity contribution >= 4 is 10.9 Å². The smallest absolute Gasteiger partial charge is 0.334 e. The van der Waals surface area contributed by atoms with E-state index in [2.05, 4.69) is 15.1 Å². The molecule has 0 aliphatic heterocycles. The molecule has 5 aromatic rings. The summed E-state index contributed by atoms with van der Waals surface area (Å²) in [6, 6.07) is 18.6. The van der Waals surface area contributed by atoms with E-state index in [9.17, 15) is 22.8 Å². The Balaban J connectivity index is 1.43. The van der Waals surface area contributed by atoms with Crippen LogP contribution in [0.1, 0.15) is 11.1 Å². The summed E-state index contributed by atoms with van der Waals surface area (Å²) < 4.78 is 44.8. The Bertz CT molecular complexity index is 1620. The van der Waals surface area contributed by atoms with Crippen molar-refractivity contribution in [2.45, 2.75) is 19.1 Å². The number of hydrogen-bond acceptors (Lipinski definition) is 5. The van der Waals surface area contributed by atoms with E-state index in [1.165, 1.54) is 12.1 Å². The number of benzene rings is 3. The minimum Gasteiger partial charge on any atom is -0.334 e. The lowest BCUT2D eigenvalue weighted by Crippen LogP contribution is -2.35. The number of rotatable bonds is 5. The third-order valence-corrected chi connectivity index (χ3v) is 5.59. The molecule has 176 valence electrons. The molecule has 7 nitrogen and oxygen atoms in total. The Morgan fingerprint density at radius 2 is 1.63 bits per heavy atom. The zero-order valence-electron chi connectivity index (χ0n) is 18.0. The largest absolute Gasteiger partial charge is 0.416 e. The normalized spacial score (nSPS) is 11.7. The van der Waals surface area contributed by atoms with Crippen LogP contribution in [-0.2, 0) is 19.1 Å².